The Morgan fingerprint density at radius 1 is 0.424 bits per heavy atom. The first-order chi connectivity index (χ1) is 39.7. The van der Waals surface area contributed by atoms with Gasteiger partial charge in [-0.3, -0.25) is 38.4 Å². The Kier molecular flexibility index (Phi) is 27.5. The molecule has 0 aromatic carbocycles. The van der Waals surface area contributed by atoms with E-state index in [2.05, 4.69) is 37.2 Å². The predicted octanol–water partition coefficient (Wildman–Crippen LogP) is -12.8. The first-order valence-corrected chi connectivity index (χ1v) is 26.9. The van der Waals surface area contributed by atoms with Crippen molar-refractivity contribution in [3.63, 3.8) is 0 Å². The van der Waals surface area contributed by atoms with Crippen LogP contribution in [-0.4, -0.2) is 311 Å². The first-order valence-electron chi connectivity index (χ1n) is 26.9. The lowest BCUT2D eigenvalue weighted by molar-refractivity contribution is -0.347. The zero-order chi connectivity index (χ0) is 64.2. The standard InChI is InChI=1S/C48H82N8O29/c1-13(49)39(71)55-25(17(5)78-45-27(53-19(7)61)37(31(65)23(11-59)80-45)84-47-35(69)33(67)29(63)21(9-57)82-47)42(74)51-14(2)40(72)50-15(3)41(73)56-26(43(75)52-16(4)44(76)77)18(6)79-46-28(54-20(8)62)38(32(66)24(12-60)81-46)85-48-36(70)34(68)30(64)22(10-58)83-48/h13-18,21-38,45-48,57-60,63-70H,9-12,49H2,1-8H3,(H,50,72)(H,51,74)(H,52,75)(H,53,61)(H,54,62)(H,55,71)(H,56,73)(H,76,77)/t13-,14-,15-,16-,17?,18?,21+,22+,23+,24+,25-,26-,27+,28+,29-,30-,31-,32-,33-,34-,35+,36+,37+,38+,45-,46-,47-,48-/m0/s1. The Labute approximate surface area is 485 Å². The van der Waals surface area contributed by atoms with E-state index in [4.69, 9.17) is 43.6 Å². The quantitative estimate of drug-likeness (QED) is 0.0363. The zero-order valence-electron chi connectivity index (χ0n) is 47.4. The Hall–Kier alpha value is -5.08. The number of aliphatic carboxylic acids is 1. The van der Waals surface area contributed by atoms with Crippen LogP contribution in [-0.2, 0) is 76.3 Å². The number of rotatable bonds is 27. The molecule has 37 heteroatoms. The average Bonchev–Trinajstić information content (AvgIpc) is 3.61. The van der Waals surface area contributed by atoms with Gasteiger partial charge >= 0.3 is 5.97 Å². The number of carboxylic acid groups (broad SMARTS) is 1. The molecule has 488 valence electrons. The number of ether oxygens (including phenoxy) is 8. The first kappa shape index (κ1) is 72.4. The molecular formula is C48H82N8O29. The molecular weight excluding hydrogens is 1150 g/mol. The molecule has 4 heterocycles. The topological polar surface area (TPSA) is 584 Å². The molecule has 0 saturated carbocycles. The highest BCUT2D eigenvalue weighted by Gasteiger charge is 2.55. The number of carbonyl (C=O) groups excluding carboxylic acids is 7. The molecule has 4 aliphatic heterocycles. The van der Waals surface area contributed by atoms with Crippen LogP contribution in [0, 0.1) is 0 Å². The summed E-state index contributed by atoms with van der Waals surface area (Å²) in [6, 6.07) is -13.2. The minimum absolute atomic E-state index is 0.799. The van der Waals surface area contributed by atoms with Gasteiger partial charge in [0.15, 0.2) is 25.2 Å². The Balaban J connectivity index is 1.55. The normalized spacial score (nSPS) is 36.1. The largest absolute Gasteiger partial charge is 0.480 e. The van der Waals surface area contributed by atoms with Gasteiger partial charge < -0.3 is 147 Å². The highest BCUT2D eigenvalue weighted by molar-refractivity contribution is 5.96. The van der Waals surface area contributed by atoms with Crippen LogP contribution >= 0.6 is 0 Å². The van der Waals surface area contributed by atoms with Crippen molar-refractivity contribution in [2.24, 2.45) is 5.73 Å². The summed E-state index contributed by atoms with van der Waals surface area (Å²) in [5.41, 5.74) is 5.79. The minimum atomic E-state index is -2.03. The van der Waals surface area contributed by atoms with Crippen molar-refractivity contribution in [3.8, 4) is 0 Å². The summed E-state index contributed by atoms with van der Waals surface area (Å²) >= 11 is 0. The van der Waals surface area contributed by atoms with E-state index in [1.54, 1.807) is 0 Å². The van der Waals surface area contributed by atoms with Gasteiger partial charge in [-0.2, -0.15) is 0 Å². The number of hydrogen-bond acceptors (Lipinski definition) is 29. The van der Waals surface area contributed by atoms with Gasteiger partial charge in [-0.1, -0.05) is 0 Å². The van der Waals surface area contributed by atoms with E-state index in [-0.39, 0.29) is 0 Å². The van der Waals surface area contributed by atoms with Gasteiger partial charge in [-0.25, -0.2) is 0 Å². The van der Waals surface area contributed by atoms with E-state index in [0.29, 0.717) is 0 Å². The zero-order valence-corrected chi connectivity index (χ0v) is 47.4. The summed E-state index contributed by atoms with van der Waals surface area (Å²) in [4.78, 5) is 106. The van der Waals surface area contributed by atoms with Crippen molar-refractivity contribution in [1.82, 2.24) is 37.2 Å². The van der Waals surface area contributed by atoms with Gasteiger partial charge in [-0.05, 0) is 41.5 Å². The summed E-state index contributed by atoms with van der Waals surface area (Å²) in [6.07, 6.45) is -35.9. The molecule has 4 aliphatic rings. The fourth-order valence-electron chi connectivity index (χ4n) is 9.21. The second-order valence-corrected chi connectivity index (χ2v) is 21.0. The molecule has 0 aliphatic carbocycles. The van der Waals surface area contributed by atoms with Crippen LogP contribution in [0.1, 0.15) is 55.4 Å². The Morgan fingerprint density at radius 2 is 0.729 bits per heavy atom. The van der Waals surface area contributed by atoms with E-state index < -0.39 is 245 Å². The summed E-state index contributed by atoms with van der Waals surface area (Å²) in [7, 11) is 0. The van der Waals surface area contributed by atoms with Crippen LogP contribution in [0.2, 0.25) is 0 Å². The molecule has 22 N–H and O–H groups in total. The van der Waals surface area contributed by atoms with Gasteiger partial charge in [0.25, 0.3) is 0 Å². The molecule has 2 unspecified atom stereocenters. The number of aliphatic hydroxyl groups excluding tert-OH is 12. The SMILES string of the molecule is CC(=O)N[C@H]1[C@@H](OC(C)[C@H](NC(=O)[C@H](C)N)C(=O)N[C@@H](C)C(=O)N[C@@H](C)C(=O)N[C@H](C(=O)N[C@@H](C)C(=O)O)C(C)O[C@H]2O[C@H](CO)[C@H](O)[C@H](O[C@@H]3O[C@H](CO)[C@H](O)[C@H](O)[C@H]3O)[C@H]2NC(C)=O)O[C@H](CO)[C@H](O)[C@@H]1O[C@@H]1O[C@H](CO)[C@H](O)[C@H](O)[C@H]1O. The van der Waals surface area contributed by atoms with Gasteiger partial charge in [0.05, 0.1) is 44.7 Å². The van der Waals surface area contributed by atoms with E-state index in [9.17, 15) is 105 Å². The van der Waals surface area contributed by atoms with Crippen molar-refractivity contribution in [2.75, 3.05) is 26.4 Å². The van der Waals surface area contributed by atoms with E-state index in [1.807, 2.05) is 0 Å². The predicted molar refractivity (Wildman–Crippen MR) is 275 cm³/mol. The Morgan fingerprint density at radius 3 is 1.06 bits per heavy atom. The number of nitrogens with two attached hydrogens (primary N) is 1. The highest BCUT2D eigenvalue weighted by atomic mass is 16.7. The third-order valence-corrected chi connectivity index (χ3v) is 14.2. The molecule has 0 bridgehead atoms. The van der Waals surface area contributed by atoms with E-state index in [0.717, 1.165) is 41.5 Å². The minimum Gasteiger partial charge on any atom is -0.480 e. The summed E-state index contributed by atoms with van der Waals surface area (Å²) < 4.78 is 46.1. The van der Waals surface area contributed by atoms with Crippen LogP contribution < -0.4 is 43.0 Å². The number of amides is 7. The summed E-state index contributed by atoms with van der Waals surface area (Å²) in [5.74, 6) is -8.72. The second-order valence-electron chi connectivity index (χ2n) is 21.0. The molecule has 85 heavy (non-hydrogen) atoms. The molecule has 37 nitrogen and oxygen atoms in total. The molecule has 0 spiro atoms. The van der Waals surface area contributed by atoms with Gasteiger partial charge in [0.1, 0.15) is 128 Å². The van der Waals surface area contributed by atoms with Crippen molar-refractivity contribution in [1.29, 1.82) is 0 Å². The number of nitrogens with one attached hydrogen (secondary N) is 7. The third-order valence-electron chi connectivity index (χ3n) is 14.2. The van der Waals surface area contributed by atoms with E-state index >= 15 is 0 Å². The molecule has 4 saturated heterocycles. The van der Waals surface area contributed by atoms with Gasteiger partial charge in [-0.15, -0.1) is 0 Å². The second kappa shape index (κ2) is 32.2. The smallest absolute Gasteiger partial charge is 0.325 e. The molecule has 4 rings (SSSR count). The van der Waals surface area contributed by atoms with Crippen LogP contribution in [0.15, 0.2) is 0 Å². The number of hydrogen-bond donors (Lipinski definition) is 21. The molecule has 4 fully saturated rings. The maximum absolute atomic E-state index is 14.1. The lowest BCUT2D eigenvalue weighted by Crippen LogP contribution is -2.69. The van der Waals surface area contributed by atoms with E-state index in [1.165, 1.54) is 13.8 Å². The highest BCUT2D eigenvalue weighted by Crippen LogP contribution is 2.33. The lowest BCUT2D eigenvalue weighted by atomic mass is 9.95. The van der Waals surface area contributed by atoms with Gasteiger partial charge in [0, 0.05) is 13.8 Å². The van der Waals surface area contributed by atoms with Crippen LogP contribution in [0.3, 0.4) is 0 Å². The maximum Gasteiger partial charge on any atom is 0.325 e. The lowest BCUT2D eigenvalue weighted by Gasteiger charge is -2.48. The van der Waals surface area contributed by atoms with Crippen molar-refractivity contribution in [2.45, 2.75) is 227 Å². The molecule has 28 atom stereocenters. The third kappa shape index (κ3) is 18.5. The molecule has 7 amide bonds. The Bertz CT molecular complexity index is 2260. The fourth-order valence-corrected chi connectivity index (χ4v) is 9.21. The molecule has 0 aromatic heterocycles. The van der Waals surface area contributed by atoms with Gasteiger partial charge in [0.2, 0.25) is 41.4 Å². The van der Waals surface area contributed by atoms with Crippen LogP contribution in [0.25, 0.3) is 0 Å². The van der Waals surface area contributed by atoms with Crippen molar-refractivity contribution >= 4 is 47.3 Å². The number of carboxylic acids is 1. The van der Waals surface area contributed by atoms with Crippen molar-refractivity contribution < 1.29 is 143 Å². The van der Waals surface area contributed by atoms with Crippen LogP contribution in [0.5, 0.6) is 0 Å². The maximum atomic E-state index is 14.1. The summed E-state index contributed by atoms with van der Waals surface area (Å²) in [5, 5.41) is 151. The van der Waals surface area contributed by atoms with Crippen molar-refractivity contribution in [3.05, 3.63) is 0 Å². The molecule has 0 radical (unpaired) electrons. The average molecular weight is 1240 g/mol. The number of aliphatic hydroxyl groups is 12. The number of carbonyl (C=O) groups is 8. The van der Waals surface area contributed by atoms with Crippen LogP contribution in [0.4, 0.5) is 0 Å². The molecule has 0 aromatic rings. The summed E-state index contributed by atoms with van der Waals surface area (Å²) in [6.45, 7) is 5.33. The monoisotopic (exact) mass is 1230 g/mol. The fraction of sp³-hybridized carbons (Fsp3) is 0.833.